The Labute approximate surface area is 188 Å². The number of anilines is 2. The van der Waals surface area contributed by atoms with Crippen LogP contribution in [0.5, 0.6) is 0 Å². The molecule has 0 amide bonds. The molecule has 19 nitrogen and oxygen atoms in total. The first-order valence-corrected chi connectivity index (χ1v) is 7.37. The molecule has 164 valence electrons. The molecule has 0 saturated heterocycles. The number of benzene rings is 2. The SMILES string of the molecule is O=[N+]([O-])c1c(N(c2ccccc2)[N+](=O)[O-])c([N+](=O)[O-])c([N+](=O)[O-])c([N+](=O)[O-])c1[N+](=O)[O-].[MgH2]. The van der Waals surface area contributed by atoms with Crippen LogP contribution in [0, 0.1) is 60.7 Å². The lowest BCUT2D eigenvalue weighted by atomic mass is 10.1. The van der Waals surface area contributed by atoms with E-state index in [0.29, 0.717) is 0 Å². The zero-order valence-corrected chi connectivity index (χ0v) is 14.4. The zero-order valence-electron chi connectivity index (χ0n) is 14.4. The minimum absolute atomic E-state index is 0. The van der Waals surface area contributed by atoms with Crippen molar-refractivity contribution < 1.29 is 29.6 Å². The van der Waals surface area contributed by atoms with Crippen LogP contribution in [0.2, 0.25) is 0 Å². The number of nitrogens with zero attached hydrogens (tertiary/aromatic N) is 7. The summed E-state index contributed by atoms with van der Waals surface area (Å²) in [5.41, 5.74) is -13.0. The Morgan fingerprint density at radius 2 is 0.844 bits per heavy atom. The van der Waals surface area contributed by atoms with Crippen molar-refractivity contribution in [3.05, 3.63) is 91.0 Å². The summed E-state index contributed by atoms with van der Waals surface area (Å²) in [6.45, 7) is 0. The Balaban J connectivity index is 0.00000512. The van der Waals surface area contributed by atoms with Crippen LogP contribution < -0.4 is 5.01 Å². The second-order valence-electron chi connectivity index (χ2n) is 5.26. The van der Waals surface area contributed by atoms with E-state index in [1.807, 2.05) is 0 Å². The van der Waals surface area contributed by atoms with Crippen molar-refractivity contribution in [2.24, 2.45) is 0 Å². The third-order valence-electron chi connectivity index (χ3n) is 3.63. The standard InChI is InChI=1S/C12H5N7O12.Mg.2H/c20-14(21)8-7(13(19(30)31)6-4-2-1-3-5-6)9(15(22)23)11(17(26)27)12(18(28)29)10(8)16(24)25;;;/h1-5H;;;. The highest BCUT2D eigenvalue weighted by Crippen LogP contribution is 2.56. The van der Waals surface area contributed by atoms with E-state index in [1.54, 1.807) is 0 Å². The molecule has 0 fully saturated rings. The van der Waals surface area contributed by atoms with Crippen molar-refractivity contribution >= 4 is 62.9 Å². The van der Waals surface area contributed by atoms with Crippen LogP contribution in [0.15, 0.2) is 30.3 Å². The summed E-state index contributed by atoms with van der Waals surface area (Å²) in [5, 5.41) is 67.0. The Hall–Kier alpha value is -4.59. The average molecular weight is 466 g/mol. The van der Waals surface area contributed by atoms with Gasteiger partial charge in [-0.1, -0.05) is 18.2 Å². The topological polar surface area (TPSA) is 262 Å². The Morgan fingerprint density at radius 3 is 1.12 bits per heavy atom. The number of hydrogen-bond donors (Lipinski definition) is 0. The fourth-order valence-electron chi connectivity index (χ4n) is 2.61. The molecule has 0 heterocycles. The van der Waals surface area contributed by atoms with Crippen LogP contribution in [-0.2, 0) is 0 Å². The van der Waals surface area contributed by atoms with E-state index in [1.165, 1.54) is 6.07 Å². The fraction of sp³-hybridized carbons (Fsp3) is 0. The summed E-state index contributed by atoms with van der Waals surface area (Å²) < 4.78 is 0. The van der Waals surface area contributed by atoms with Crippen LogP contribution >= 0.6 is 0 Å². The van der Waals surface area contributed by atoms with Crippen LogP contribution in [0.1, 0.15) is 0 Å². The van der Waals surface area contributed by atoms with Gasteiger partial charge in [0.15, 0.2) is 5.03 Å². The van der Waals surface area contributed by atoms with Gasteiger partial charge >= 0.3 is 51.5 Å². The zero-order chi connectivity index (χ0) is 23.6. The molecule has 0 unspecified atom stereocenters. The molecular formula is C12H7MgN7O12. The van der Waals surface area contributed by atoms with E-state index in [9.17, 15) is 60.7 Å². The molecule has 0 aliphatic carbocycles. The third kappa shape index (κ3) is 4.29. The minimum Gasteiger partial charge on any atom is -0.258 e. The van der Waals surface area contributed by atoms with Crippen LogP contribution in [0.25, 0.3) is 0 Å². The largest absolute Gasteiger partial charge is 0.437 e. The molecule has 2 aromatic rings. The van der Waals surface area contributed by atoms with E-state index in [2.05, 4.69) is 0 Å². The molecule has 2 aromatic carbocycles. The molecule has 0 aliphatic rings. The summed E-state index contributed by atoms with van der Waals surface area (Å²) in [7, 11) is 0. The number of rotatable bonds is 8. The highest BCUT2D eigenvalue weighted by molar-refractivity contribution is 5.96. The maximum absolute atomic E-state index is 11.6. The van der Waals surface area contributed by atoms with Gasteiger partial charge in [-0.25, -0.2) is 10.1 Å². The molecule has 0 saturated carbocycles. The maximum atomic E-state index is 11.6. The van der Waals surface area contributed by atoms with Gasteiger partial charge < -0.3 is 0 Å². The van der Waals surface area contributed by atoms with Gasteiger partial charge in [-0.15, -0.1) is 0 Å². The summed E-state index contributed by atoms with van der Waals surface area (Å²) in [6.07, 6.45) is 0. The Morgan fingerprint density at radius 1 is 0.531 bits per heavy atom. The molecule has 0 N–H and O–H groups in total. The van der Waals surface area contributed by atoms with Gasteiger partial charge in [-0.3, -0.25) is 50.6 Å². The van der Waals surface area contributed by atoms with Gasteiger partial charge in [0.1, 0.15) is 5.69 Å². The van der Waals surface area contributed by atoms with Crippen molar-refractivity contribution in [2.75, 3.05) is 5.01 Å². The first-order chi connectivity index (χ1) is 14.4. The first-order valence-electron chi connectivity index (χ1n) is 7.37. The van der Waals surface area contributed by atoms with Gasteiger partial charge in [0.05, 0.1) is 24.6 Å². The molecule has 0 aromatic heterocycles. The second kappa shape index (κ2) is 9.48. The lowest BCUT2D eigenvalue weighted by Crippen LogP contribution is -2.27. The molecule has 2 rings (SSSR count). The van der Waals surface area contributed by atoms with Gasteiger partial charge in [0.25, 0.3) is 5.69 Å². The molecule has 0 bridgehead atoms. The quantitative estimate of drug-likeness (QED) is 0.305. The van der Waals surface area contributed by atoms with E-state index in [4.69, 9.17) is 0 Å². The second-order valence-corrected chi connectivity index (χ2v) is 5.26. The number of para-hydroxylation sites is 1. The molecule has 0 atom stereocenters. The Kier molecular flexibility index (Phi) is 7.54. The molecule has 20 heteroatoms. The number of hydrazine groups is 1. The van der Waals surface area contributed by atoms with Crippen molar-refractivity contribution in [1.82, 2.24) is 0 Å². The molecule has 0 spiro atoms. The molecule has 0 radical (unpaired) electrons. The van der Waals surface area contributed by atoms with Crippen molar-refractivity contribution in [1.29, 1.82) is 0 Å². The van der Waals surface area contributed by atoms with Gasteiger partial charge in [-0.05, 0) is 17.1 Å². The van der Waals surface area contributed by atoms with Crippen LogP contribution in [-0.4, -0.2) is 52.7 Å². The lowest BCUT2D eigenvalue weighted by Gasteiger charge is -2.14. The molecule has 32 heavy (non-hydrogen) atoms. The van der Waals surface area contributed by atoms with Gasteiger partial charge in [0, 0.05) is 0 Å². The first kappa shape index (κ1) is 25.4. The minimum atomic E-state index is -2.17. The van der Waals surface area contributed by atoms with Crippen LogP contribution in [0.4, 0.5) is 39.8 Å². The van der Waals surface area contributed by atoms with Crippen molar-refractivity contribution in [2.45, 2.75) is 0 Å². The normalized spacial score (nSPS) is 9.88. The monoisotopic (exact) mass is 465 g/mol. The third-order valence-corrected chi connectivity index (χ3v) is 3.63. The van der Waals surface area contributed by atoms with Crippen molar-refractivity contribution in [3.63, 3.8) is 0 Å². The Bertz CT molecular complexity index is 1120. The van der Waals surface area contributed by atoms with E-state index in [-0.39, 0.29) is 28.1 Å². The van der Waals surface area contributed by atoms with E-state index < -0.39 is 69.5 Å². The van der Waals surface area contributed by atoms with Gasteiger partial charge in [0.2, 0.25) is 0 Å². The predicted octanol–water partition coefficient (Wildman–Crippen LogP) is 1.64. The van der Waals surface area contributed by atoms with Gasteiger partial charge in [-0.2, -0.15) is 0 Å². The highest BCUT2D eigenvalue weighted by atomic mass is 24.3. The smallest absolute Gasteiger partial charge is 0.258 e. The summed E-state index contributed by atoms with van der Waals surface area (Å²) in [6, 6.07) is 5.45. The summed E-state index contributed by atoms with van der Waals surface area (Å²) >= 11 is 0. The highest BCUT2D eigenvalue weighted by Gasteiger charge is 2.58. The van der Waals surface area contributed by atoms with E-state index in [0.717, 1.165) is 24.3 Å². The molecule has 0 aliphatic heterocycles. The van der Waals surface area contributed by atoms with E-state index >= 15 is 0 Å². The molecular weight excluding hydrogens is 458 g/mol. The number of hydrogen-bond acceptors (Lipinski definition) is 12. The average Bonchev–Trinajstić information content (AvgIpc) is 2.66. The summed E-state index contributed by atoms with van der Waals surface area (Å²) in [5.74, 6) is 0. The lowest BCUT2D eigenvalue weighted by molar-refractivity contribution is -0.489. The number of nitro groups is 6. The fourth-order valence-corrected chi connectivity index (χ4v) is 2.61. The summed E-state index contributed by atoms with van der Waals surface area (Å²) in [4.78, 5) is 60.1. The van der Waals surface area contributed by atoms with Crippen molar-refractivity contribution in [3.8, 4) is 0 Å². The van der Waals surface area contributed by atoms with Crippen LogP contribution in [0.3, 0.4) is 0 Å². The predicted molar refractivity (Wildman–Crippen MR) is 104 cm³/mol. The number of nitro benzene ring substituents is 5. The maximum Gasteiger partial charge on any atom is 0.437 e.